The standard InChI is InChI=1S/C21H30FN3O5S/c1-2-14-31(28,29)23-19-9-8-16(15-18(19)22)20(26)24-10-12-25(13-11-24)21(27)30-17-6-4-3-5-7-17/h8-9,15,17,23H,2-7,10-14H2,1H3. The van der Waals surface area contributed by atoms with E-state index < -0.39 is 15.8 Å². The highest BCUT2D eigenvalue weighted by Gasteiger charge is 2.28. The van der Waals surface area contributed by atoms with Crippen molar-refractivity contribution in [2.24, 2.45) is 0 Å². The Morgan fingerprint density at radius 1 is 1.10 bits per heavy atom. The highest BCUT2D eigenvalue weighted by atomic mass is 32.2. The summed E-state index contributed by atoms with van der Waals surface area (Å²) in [5, 5.41) is 0. The summed E-state index contributed by atoms with van der Waals surface area (Å²) in [5.41, 5.74) is -0.0468. The van der Waals surface area contributed by atoms with E-state index in [9.17, 15) is 22.4 Å². The molecule has 2 aliphatic rings. The zero-order valence-electron chi connectivity index (χ0n) is 17.8. The lowest BCUT2D eigenvalue weighted by Gasteiger charge is -2.35. The van der Waals surface area contributed by atoms with E-state index in [-0.39, 0.29) is 35.1 Å². The van der Waals surface area contributed by atoms with E-state index in [0.717, 1.165) is 31.7 Å². The molecule has 0 atom stereocenters. The maximum absolute atomic E-state index is 14.4. The van der Waals surface area contributed by atoms with Crippen LogP contribution >= 0.6 is 0 Å². The van der Waals surface area contributed by atoms with E-state index in [1.165, 1.54) is 18.6 Å². The fourth-order valence-electron chi connectivity index (χ4n) is 3.89. The number of nitrogens with one attached hydrogen (secondary N) is 1. The van der Waals surface area contributed by atoms with E-state index in [1.54, 1.807) is 16.7 Å². The Labute approximate surface area is 182 Å². The van der Waals surface area contributed by atoms with Gasteiger partial charge in [-0.15, -0.1) is 0 Å². The Bertz CT molecular complexity index is 894. The molecule has 1 aliphatic heterocycles. The number of carbonyl (C=O) groups is 2. The summed E-state index contributed by atoms with van der Waals surface area (Å²) in [7, 11) is -3.62. The van der Waals surface area contributed by atoms with Crippen molar-refractivity contribution in [3.05, 3.63) is 29.6 Å². The third-order valence-corrected chi connectivity index (χ3v) is 7.08. The molecule has 1 aliphatic carbocycles. The van der Waals surface area contributed by atoms with Crippen molar-refractivity contribution in [3.63, 3.8) is 0 Å². The molecule has 172 valence electrons. The van der Waals surface area contributed by atoms with Crippen molar-refractivity contribution in [2.45, 2.75) is 51.6 Å². The smallest absolute Gasteiger partial charge is 0.410 e. The predicted octanol–water partition coefficient (Wildman–Crippen LogP) is 3.20. The molecule has 0 unspecified atom stereocenters. The Hall–Kier alpha value is -2.36. The van der Waals surface area contributed by atoms with Gasteiger partial charge in [0.25, 0.3) is 5.91 Å². The van der Waals surface area contributed by atoms with E-state index >= 15 is 0 Å². The van der Waals surface area contributed by atoms with Gasteiger partial charge in [0.05, 0.1) is 11.4 Å². The fraction of sp³-hybridized carbons (Fsp3) is 0.619. The van der Waals surface area contributed by atoms with Crippen LogP contribution in [0.1, 0.15) is 55.8 Å². The molecule has 1 saturated heterocycles. The Kier molecular flexibility index (Phi) is 7.74. The largest absolute Gasteiger partial charge is 0.446 e. The summed E-state index contributed by atoms with van der Waals surface area (Å²) < 4.78 is 45.8. The van der Waals surface area contributed by atoms with Crippen LogP contribution in [0.3, 0.4) is 0 Å². The van der Waals surface area contributed by atoms with Crippen LogP contribution in [-0.4, -0.2) is 68.3 Å². The Morgan fingerprint density at radius 3 is 2.35 bits per heavy atom. The average molecular weight is 456 g/mol. The van der Waals surface area contributed by atoms with Crippen LogP contribution in [0.4, 0.5) is 14.9 Å². The zero-order chi connectivity index (χ0) is 22.4. The molecule has 2 amide bonds. The number of anilines is 1. The summed E-state index contributed by atoms with van der Waals surface area (Å²) in [5.74, 6) is -1.27. The van der Waals surface area contributed by atoms with Crippen LogP contribution in [0.2, 0.25) is 0 Å². The lowest BCUT2D eigenvalue weighted by molar-refractivity contribution is 0.0306. The molecule has 1 aromatic rings. The predicted molar refractivity (Wildman–Crippen MR) is 115 cm³/mol. The second-order valence-corrected chi connectivity index (χ2v) is 9.88. The number of piperazine rings is 1. The molecule has 1 N–H and O–H groups in total. The maximum atomic E-state index is 14.4. The first-order valence-corrected chi connectivity index (χ1v) is 12.5. The van der Waals surface area contributed by atoms with Crippen molar-refractivity contribution < 1.29 is 27.1 Å². The van der Waals surface area contributed by atoms with Crippen LogP contribution in [0.5, 0.6) is 0 Å². The number of nitrogens with zero attached hydrogens (tertiary/aromatic N) is 2. The third kappa shape index (κ3) is 6.32. The van der Waals surface area contributed by atoms with Crippen molar-refractivity contribution >= 4 is 27.7 Å². The molecule has 0 spiro atoms. The van der Waals surface area contributed by atoms with Gasteiger partial charge in [-0.3, -0.25) is 9.52 Å². The van der Waals surface area contributed by atoms with Crippen LogP contribution in [0.15, 0.2) is 18.2 Å². The minimum absolute atomic E-state index is 0.0165. The monoisotopic (exact) mass is 455 g/mol. The van der Waals surface area contributed by atoms with E-state index in [4.69, 9.17) is 4.74 Å². The number of hydrogen-bond donors (Lipinski definition) is 1. The Balaban J connectivity index is 1.54. The van der Waals surface area contributed by atoms with Crippen LogP contribution in [0.25, 0.3) is 0 Å². The molecule has 1 aromatic carbocycles. The van der Waals surface area contributed by atoms with Gasteiger partial charge in [-0.25, -0.2) is 17.6 Å². The zero-order valence-corrected chi connectivity index (χ0v) is 18.6. The minimum atomic E-state index is -3.62. The van der Waals surface area contributed by atoms with Gasteiger partial charge in [-0.1, -0.05) is 13.3 Å². The molecule has 1 saturated carbocycles. The van der Waals surface area contributed by atoms with Crippen molar-refractivity contribution in [1.82, 2.24) is 9.80 Å². The molecular weight excluding hydrogens is 425 g/mol. The number of halogens is 1. The van der Waals surface area contributed by atoms with Crippen molar-refractivity contribution in [2.75, 3.05) is 36.7 Å². The first kappa shape index (κ1) is 23.3. The highest BCUT2D eigenvalue weighted by molar-refractivity contribution is 7.92. The number of hydrogen-bond acceptors (Lipinski definition) is 5. The van der Waals surface area contributed by atoms with Crippen LogP contribution < -0.4 is 4.72 Å². The number of ether oxygens (including phenoxy) is 1. The lowest BCUT2D eigenvalue weighted by atomic mass is 9.98. The van der Waals surface area contributed by atoms with E-state index in [1.807, 2.05) is 0 Å². The summed E-state index contributed by atoms with van der Waals surface area (Å²) in [4.78, 5) is 28.2. The molecule has 8 nitrogen and oxygen atoms in total. The molecule has 3 rings (SSSR count). The molecule has 31 heavy (non-hydrogen) atoms. The number of sulfonamides is 1. The first-order valence-electron chi connectivity index (χ1n) is 10.8. The van der Waals surface area contributed by atoms with Crippen molar-refractivity contribution in [1.29, 1.82) is 0 Å². The number of rotatable bonds is 6. The normalized spacial score (nSPS) is 18.0. The van der Waals surface area contributed by atoms with Gasteiger partial charge in [-0.2, -0.15) is 0 Å². The maximum Gasteiger partial charge on any atom is 0.410 e. The van der Waals surface area contributed by atoms with Gasteiger partial charge >= 0.3 is 6.09 Å². The van der Waals surface area contributed by atoms with Crippen molar-refractivity contribution in [3.8, 4) is 0 Å². The summed E-state index contributed by atoms with van der Waals surface area (Å²) in [6.07, 6.45) is 5.20. The van der Waals surface area contributed by atoms with Gasteiger partial charge in [0.1, 0.15) is 11.9 Å². The summed E-state index contributed by atoms with van der Waals surface area (Å²) in [6.45, 7) is 3.08. The number of benzene rings is 1. The lowest BCUT2D eigenvalue weighted by Crippen LogP contribution is -2.51. The van der Waals surface area contributed by atoms with Gasteiger partial charge in [0, 0.05) is 31.7 Å². The molecule has 0 bridgehead atoms. The van der Waals surface area contributed by atoms with Gasteiger partial charge in [0.15, 0.2) is 0 Å². The van der Waals surface area contributed by atoms with E-state index in [0.29, 0.717) is 32.6 Å². The van der Waals surface area contributed by atoms with Gasteiger partial charge in [0.2, 0.25) is 10.0 Å². The van der Waals surface area contributed by atoms with E-state index in [2.05, 4.69) is 4.72 Å². The fourth-order valence-corrected chi connectivity index (χ4v) is 5.03. The average Bonchev–Trinajstić information content (AvgIpc) is 2.75. The number of amides is 2. The topological polar surface area (TPSA) is 96.0 Å². The van der Waals surface area contributed by atoms with Crippen LogP contribution in [0, 0.1) is 5.82 Å². The van der Waals surface area contributed by atoms with Crippen LogP contribution in [-0.2, 0) is 14.8 Å². The first-order chi connectivity index (χ1) is 14.8. The molecule has 1 heterocycles. The molecule has 2 fully saturated rings. The molecule has 10 heteroatoms. The highest BCUT2D eigenvalue weighted by Crippen LogP contribution is 2.22. The van der Waals surface area contributed by atoms with Gasteiger partial charge < -0.3 is 14.5 Å². The SMILES string of the molecule is CCCS(=O)(=O)Nc1ccc(C(=O)N2CCN(C(=O)OC3CCCCC3)CC2)cc1F. The molecule has 0 aromatic heterocycles. The summed E-state index contributed by atoms with van der Waals surface area (Å²) >= 11 is 0. The second-order valence-electron chi connectivity index (χ2n) is 8.04. The summed E-state index contributed by atoms with van der Waals surface area (Å²) in [6, 6.07) is 3.70. The Morgan fingerprint density at radius 2 is 1.74 bits per heavy atom. The third-order valence-electron chi connectivity index (χ3n) is 5.60. The minimum Gasteiger partial charge on any atom is -0.446 e. The molecule has 0 radical (unpaired) electrons. The quantitative estimate of drug-likeness (QED) is 0.711. The second kappa shape index (κ2) is 10.3. The van der Waals surface area contributed by atoms with Gasteiger partial charge in [-0.05, 0) is 50.3 Å². The molecular formula is C21H30FN3O5S. The number of carbonyl (C=O) groups excluding carboxylic acids is 2.